The molecule has 0 unspecified atom stereocenters. The average Bonchev–Trinajstić information content (AvgIpc) is 2.44. The molecule has 0 fully saturated rings. The van der Waals surface area contributed by atoms with Gasteiger partial charge in [0.15, 0.2) is 0 Å². The van der Waals surface area contributed by atoms with E-state index >= 15 is 0 Å². The predicted molar refractivity (Wildman–Crippen MR) is 53.0 cm³/mol. The Labute approximate surface area is 81.4 Å². The van der Waals surface area contributed by atoms with Gasteiger partial charge in [0, 0.05) is 18.6 Å². The van der Waals surface area contributed by atoms with E-state index in [2.05, 4.69) is 14.5 Å². The summed E-state index contributed by atoms with van der Waals surface area (Å²) < 4.78 is 2.10. The molecule has 0 amide bonds. The first-order valence-electron chi connectivity index (χ1n) is 4.15. The minimum Gasteiger partial charge on any atom is -0.327 e. The minimum absolute atomic E-state index is 0.606. The molecule has 2 rings (SSSR count). The van der Waals surface area contributed by atoms with Gasteiger partial charge >= 0.3 is 0 Å². The lowest BCUT2D eigenvalue weighted by Crippen LogP contribution is -2.00. The second-order valence-corrected chi connectivity index (χ2v) is 3.24. The van der Waals surface area contributed by atoms with Gasteiger partial charge < -0.3 is 4.57 Å². The number of hydrogen-bond acceptors (Lipinski definition) is 2. The van der Waals surface area contributed by atoms with Gasteiger partial charge in [-0.25, -0.2) is 4.98 Å². The fourth-order valence-corrected chi connectivity index (χ4v) is 1.64. The van der Waals surface area contributed by atoms with Crippen LogP contribution in [-0.2, 0) is 6.54 Å². The van der Waals surface area contributed by atoms with E-state index in [4.69, 9.17) is 11.6 Å². The monoisotopic (exact) mass is 195 g/mol. The number of rotatable bonds is 2. The van der Waals surface area contributed by atoms with Crippen molar-refractivity contribution < 1.29 is 0 Å². The van der Waals surface area contributed by atoms with E-state index in [1.54, 1.807) is 12.4 Å². The quantitative estimate of drug-likeness (QED) is 0.687. The van der Waals surface area contributed by atoms with Crippen LogP contribution in [0.15, 0.2) is 18.5 Å². The topological polar surface area (TPSA) is 30.7 Å². The van der Waals surface area contributed by atoms with E-state index in [1.807, 2.05) is 13.0 Å². The van der Waals surface area contributed by atoms with Crippen LogP contribution >= 0.6 is 11.6 Å². The molecule has 0 aliphatic rings. The number of alkyl halides is 1. The van der Waals surface area contributed by atoms with E-state index < -0.39 is 0 Å². The number of aromatic nitrogens is 3. The third-order valence-electron chi connectivity index (χ3n) is 2.05. The van der Waals surface area contributed by atoms with E-state index in [0.29, 0.717) is 5.88 Å². The zero-order valence-corrected chi connectivity index (χ0v) is 8.12. The van der Waals surface area contributed by atoms with E-state index in [1.165, 1.54) is 0 Å². The van der Waals surface area contributed by atoms with Crippen LogP contribution in [0.3, 0.4) is 0 Å². The molecule has 3 nitrogen and oxygen atoms in total. The van der Waals surface area contributed by atoms with Crippen LogP contribution in [0.1, 0.15) is 5.82 Å². The van der Waals surface area contributed by atoms with Crippen LogP contribution in [0, 0.1) is 6.92 Å². The Morgan fingerprint density at radius 3 is 3.15 bits per heavy atom. The molecule has 0 bridgehead atoms. The van der Waals surface area contributed by atoms with Gasteiger partial charge in [-0.15, -0.1) is 11.6 Å². The van der Waals surface area contributed by atoms with Gasteiger partial charge in [-0.1, -0.05) is 0 Å². The molecule has 4 heteroatoms. The lowest BCUT2D eigenvalue weighted by atomic mass is 10.4. The standard InChI is InChI=1S/C9H10ClN3/c1-7-12-8-6-11-4-2-9(8)13(7)5-3-10/h2,4,6H,3,5H2,1H3. The predicted octanol–water partition coefficient (Wildman–Crippen LogP) is 1.98. The highest BCUT2D eigenvalue weighted by atomic mass is 35.5. The van der Waals surface area contributed by atoms with Crippen molar-refractivity contribution in [2.24, 2.45) is 0 Å². The molecule has 0 aliphatic heterocycles. The first-order chi connectivity index (χ1) is 6.33. The Balaban J connectivity index is 2.64. The average molecular weight is 196 g/mol. The summed E-state index contributed by atoms with van der Waals surface area (Å²) in [6, 6.07) is 1.96. The highest BCUT2D eigenvalue weighted by Crippen LogP contribution is 2.13. The number of fused-ring (bicyclic) bond motifs is 1. The Morgan fingerprint density at radius 1 is 1.54 bits per heavy atom. The first kappa shape index (κ1) is 8.51. The number of aryl methyl sites for hydroxylation is 2. The van der Waals surface area contributed by atoms with Crippen molar-refractivity contribution in [2.45, 2.75) is 13.5 Å². The van der Waals surface area contributed by atoms with Gasteiger partial charge in [0.1, 0.15) is 11.3 Å². The second-order valence-electron chi connectivity index (χ2n) is 2.86. The Morgan fingerprint density at radius 2 is 2.38 bits per heavy atom. The molecule has 0 saturated heterocycles. The molecular weight excluding hydrogens is 186 g/mol. The summed E-state index contributed by atoms with van der Waals surface area (Å²) in [5.41, 5.74) is 2.04. The lowest BCUT2D eigenvalue weighted by molar-refractivity contribution is 0.758. The van der Waals surface area contributed by atoms with Crippen molar-refractivity contribution in [1.29, 1.82) is 0 Å². The molecule has 2 heterocycles. The third kappa shape index (κ3) is 1.40. The fraction of sp³-hybridized carbons (Fsp3) is 0.333. The van der Waals surface area contributed by atoms with Gasteiger partial charge in [-0.3, -0.25) is 4.98 Å². The van der Waals surface area contributed by atoms with Crippen LogP contribution in [0.25, 0.3) is 11.0 Å². The molecular formula is C9H10ClN3. The largest absolute Gasteiger partial charge is 0.327 e. The maximum atomic E-state index is 5.70. The maximum absolute atomic E-state index is 5.70. The summed E-state index contributed by atoms with van der Waals surface area (Å²) >= 11 is 5.70. The number of pyridine rings is 1. The second kappa shape index (κ2) is 3.34. The lowest BCUT2D eigenvalue weighted by Gasteiger charge is -2.02. The van der Waals surface area contributed by atoms with Crippen LogP contribution in [0.5, 0.6) is 0 Å². The zero-order chi connectivity index (χ0) is 9.26. The number of hydrogen-bond donors (Lipinski definition) is 0. The maximum Gasteiger partial charge on any atom is 0.107 e. The van der Waals surface area contributed by atoms with Crippen LogP contribution in [0.2, 0.25) is 0 Å². The van der Waals surface area contributed by atoms with E-state index in [9.17, 15) is 0 Å². The van der Waals surface area contributed by atoms with Crippen molar-refractivity contribution in [3.63, 3.8) is 0 Å². The third-order valence-corrected chi connectivity index (χ3v) is 2.22. The van der Waals surface area contributed by atoms with Crippen LogP contribution < -0.4 is 0 Å². The van der Waals surface area contributed by atoms with Crippen molar-refractivity contribution in [3.05, 3.63) is 24.3 Å². The van der Waals surface area contributed by atoms with Crippen LogP contribution in [0.4, 0.5) is 0 Å². The van der Waals surface area contributed by atoms with Gasteiger partial charge in [0.2, 0.25) is 0 Å². The summed E-state index contributed by atoms with van der Waals surface area (Å²) in [7, 11) is 0. The number of nitrogens with zero attached hydrogens (tertiary/aromatic N) is 3. The Hall–Kier alpha value is -1.09. The normalized spacial score (nSPS) is 10.9. The van der Waals surface area contributed by atoms with Crippen molar-refractivity contribution in [1.82, 2.24) is 14.5 Å². The summed E-state index contributed by atoms with van der Waals surface area (Å²) in [6.07, 6.45) is 3.54. The minimum atomic E-state index is 0.606. The summed E-state index contributed by atoms with van der Waals surface area (Å²) in [6.45, 7) is 2.78. The summed E-state index contributed by atoms with van der Waals surface area (Å²) in [5.74, 6) is 1.60. The fourth-order valence-electron chi connectivity index (χ4n) is 1.47. The molecule has 0 radical (unpaired) electrons. The van der Waals surface area contributed by atoms with Gasteiger partial charge in [-0.05, 0) is 13.0 Å². The highest BCUT2D eigenvalue weighted by Gasteiger charge is 2.05. The Kier molecular flexibility index (Phi) is 2.19. The van der Waals surface area contributed by atoms with Gasteiger partial charge in [-0.2, -0.15) is 0 Å². The van der Waals surface area contributed by atoms with Crippen LogP contribution in [-0.4, -0.2) is 20.4 Å². The van der Waals surface area contributed by atoms with Crippen molar-refractivity contribution >= 4 is 22.6 Å². The first-order valence-corrected chi connectivity index (χ1v) is 4.69. The van der Waals surface area contributed by atoms with Gasteiger partial charge in [0.05, 0.1) is 11.7 Å². The highest BCUT2D eigenvalue weighted by molar-refractivity contribution is 6.17. The molecule has 68 valence electrons. The molecule has 0 spiro atoms. The van der Waals surface area contributed by atoms with E-state index in [-0.39, 0.29) is 0 Å². The molecule has 0 atom stereocenters. The molecule has 2 aromatic rings. The van der Waals surface area contributed by atoms with Crippen molar-refractivity contribution in [2.75, 3.05) is 5.88 Å². The zero-order valence-electron chi connectivity index (χ0n) is 7.37. The summed E-state index contributed by atoms with van der Waals surface area (Å²) in [5, 5.41) is 0. The van der Waals surface area contributed by atoms with E-state index in [0.717, 1.165) is 23.4 Å². The number of halogens is 1. The molecule has 0 aromatic carbocycles. The van der Waals surface area contributed by atoms with Gasteiger partial charge in [0.25, 0.3) is 0 Å². The molecule has 0 N–H and O–H groups in total. The van der Waals surface area contributed by atoms with Crippen molar-refractivity contribution in [3.8, 4) is 0 Å². The molecule has 0 saturated carbocycles. The Bertz CT molecular complexity index is 422. The SMILES string of the molecule is Cc1nc2cnccc2n1CCCl. The molecule has 0 aliphatic carbocycles. The number of imidazole rings is 1. The molecule has 2 aromatic heterocycles. The molecule has 13 heavy (non-hydrogen) atoms. The smallest absolute Gasteiger partial charge is 0.107 e. The summed E-state index contributed by atoms with van der Waals surface area (Å²) in [4.78, 5) is 8.39.